The Morgan fingerprint density at radius 2 is 1.86 bits per heavy atom. The third kappa shape index (κ3) is 4.47. The topological polar surface area (TPSA) is 12.0 Å². The molecule has 3 unspecified atom stereocenters. The molecule has 0 heterocycles. The summed E-state index contributed by atoms with van der Waals surface area (Å²) in [7, 11) is 0. The summed E-state index contributed by atoms with van der Waals surface area (Å²) in [4.78, 5) is 0. The lowest BCUT2D eigenvalue weighted by atomic mass is 9.72. The molecule has 0 amide bonds. The quantitative estimate of drug-likeness (QED) is 0.729. The standard InChI is InChI=1S/C19H30ClN/c1-5-8-21-19(16-10-14(3)9-15(4)11-16)17-7-6-13(2)12-18(17)20/h6-7,12,14-16,19,21H,5,8-11H2,1-4H3. The van der Waals surface area contributed by atoms with Gasteiger partial charge in [-0.3, -0.25) is 0 Å². The van der Waals surface area contributed by atoms with Crippen molar-refractivity contribution in [1.82, 2.24) is 5.32 Å². The van der Waals surface area contributed by atoms with E-state index in [1.807, 2.05) is 0 Å². The van der Waals surface area contributed by atoms with E-state index in [1.54, 1.807) is 0 Å². The number of halogens is 1. The molecule has 0 aliphatic heterocycles. The van der Waals surface area contributed by atoms with Crippen molar-refractivity contribution in [2.24, 2.45) is 17.8 Å². The van der Waals surface area contributed by atoms with E-state index in [1.165, 1.54) is 30.4 Å². The minimum atomic E-state index is 0.406. The first-order valence-electron chi connectivity index (χ1n) is 8.50. The summed E-state index contributed by atoms with van der Waals surface area (Å²) in [6.45, 7) is 10.2. The van der Waals surface area contributed by atoms with Gasteiger partial charge in [0.25, 0.3) is 0 Å². The molecule has 1 N–H and O–H groups in total. The van der Waals surface area contributed by atoms with Crippen LogP contribution in [0, 0.1) is 24.7 Å². The van der Waals surface area contributed by atoms with Gasteiger partial charge in [-0.1, -0.05) is 44.5 Å². The van der Waals surface area contributed by atoms with Crippen LogP contribution in [-0.2, 0) is 0 Å². The molecule has 2 rings (SSSR count). The normalized spacial score (nSPS) is 27.6. The van der Waals surface area contributed by atoms with Crippen molar-refractivity contribution in [3.05, 3.63) is 34.3 Å². The lowest BCUT2D eigenvalue weighted by Crippen LogP contribution is -2.34. The van der Waals surface area contributed by atoms with Gasteiger partial charge >= 0.3 is 0 Å². The second-order valence-electron chi connectivity index (χ2n) is 7.13. The van der Waals surface area contributed by atoms with Crippen LogP contribution in [0.4, 0.5) is 0 Å². The first kappa shape index (κ1) is 16.8. The first-order valence-corrected chi connectivity index (χ1v) is 8.88. The van der Waals surface area contributed by atoms with Crippen LogP contribution in [-0.4, -0.2) is 6.54 Å². The van der Waals surface area contributed by atoms with Crippen LogP contribution in [0.15, 0.2) is 18.2 Å². The predicted molar refractivity (Wildman–Crippen MR) is 92.9 cm³/mol. The Labute approximate surface area is 135 Å². The van der Waals surface area contributed by atoms with Crippen molar-refractivity contribution >= 4 is 11.6 Å². The van der Waals surface area contributed by atoms with Gasteiger partial charge in [0.2, 0.25) is 0 Å². The molecule has 1 aliphatic rings. The van der Waals surface area contributed by atoms with Crippen molar-refractivity contribution in [3.8, 4) is 0 Å². The summed E-state index contributed by atoms with van der Waals surface area (Å²) in [5.74, 6) is 2.36. The summed E-state index contributed by atoms with van der Waals surface area (Å²) in [5.41, 5.74) is 2.53. The van der Waals surface area contributed by atoms with Gasteiger partial charge in [-0.2, -0.15) is 0 Å². The van der Waals surface area contributed by atoms with Crippen LogP contribution in [0.3, 0.4) is 0 Å². The number of benzene rings is 1. The van der Waals surface area contributed by atoms with Crippen LogP contribution >= 0.6 is 11.6 Å². The number of rotatable bonds is 5. The Kier molecular flexibility index (Phi) is 6.13. The molecule has 1 nitrogen and oxygen atoms in total. The second-order valence-corrected chi connectivity index (χ2v) is 7.54. The van der Waals surface area contributed by atoms with Crippen LogP contribution in [0.25, 0.3) is 0 Å². The molecular formula is C19H30ClN. The second kappa shape index (κ2) is 7.65. The third-order valence-electron chi connectivity index (χ3n) is 4.79. The summed E-state index contributed by atoms with van der Waals surface area (Å²) in [6.07, 6.45) is 5.17. The Morgan fingerprint density at radius 1 is 1.19 bits per heavy atom. The maximum Gasteiger partial charge on any atom is 0.0456 e. The van der Waals surface area contributed by atoms with E-state index in [0.717, 1.165) is 29.8 Å². The van der Waals surface area contributed by atoms with Gasteiger partial charge in [0, 0.05) is 11.1 Å². The smallest absolute Gasteiger partial charge is 0.0456 e. The molecule has 1 fully saturated rings. The van der Waals surface area contributed by atoms with Crippen molar-refractivity contribution in [1.29, 1.82) is 0 Å². The molecule has 118 valence electrons. The molecule has 1 saturated carbocycles. The van der Waals surface area contributed by atoms with E-state index >= 15 is 0 Å². The Bertz CT molecular complexity index is 447. The summed E-state index contributed by atoms with van der Waals surface area (Å²) in [5, 5.41) is 4.70. The molecule has 0 aromatic heterocycles. The number of hydrogen-bond donors (Lipinski definition) is 1. The lowest BCUT2D eigenvalue weighted by Gasteiger charge is -2.37. The number of aryl methyl sites for hydroxylation is 1. The van der Waals surface area contributed by atoms with Gasteiger partial charge in [-0.25, -0.2) is 0 Å². The van der Waals surface area contributed by atoms with Gasteiger partial charge in [0.15, 0.2) is 0 Å². The summed E-state index contributed by atoms with van der Waals surface area (Å²) < 4.78 is 0. The van der Waals surface area contributed by atoms with E-state index in [2.05, 4.69) is 51.2 Å². The highest BCUT2D eigenvalue weighted by atomic mass is 35.5. The average Bonchev–Trinajstić information content (AvgIpc) is 2.40. The molecule has 3 atom stereocenters. The van der Waals surface area contributed by atoms with Crippen LogP contribution in [0.5, 0.6) is 0 Å². The lowest BCUT2D eigenvalue weighted by molar-refractivity contribution is 0.176. The largest absolute Gasteiger partial charge is 0.310 e. The van der Waals surface area contributed by atoms with Gasteiger partial charge < -0.3 is 5.32 Å². The maximum atomic E-state index is 6.56. The van der Waals surface area contributed by atoms with Gasteiger partial charge in [0.1, 0.15) is 0 Å². The van der Waals surface area contributed by atoms with Gasteiger partial charge in [-0.15, -0.1) is 0 Å². The third-order valence-corrected chi connectivity index (χ3v) is 5.12. The molecule has 0 radical (unpaired) electrons. The van der Waals surface area contributed by atoms with Crippen LogP contribution < -0.4 is 5.32 Å². The van der Waals surface area contributed by atoms with Crippen molar-refractivity contribution in [2.45, 2.75) is 59.4 Å². The summed E-state index contributed by atoms with van der Waals surface area (Å²) in [6, 6.07) is 6.93. The Morgan fingerprint density at radius 3 is 2.43 bits per heavy atom. The first-order chi connectivity index (χ1) is 10.0. The molecule has 1 aromatic carbocycles. The van der Waals surface area contributed by atoms with E-state index in [-0.39, 0.29) is 0 Å². The molecular weight excluding hydrogens is 278 g/mol. The zero-order valence-corrected chi connectivity index (χ0v) is 14.7. The predicted octanol–water partition coefficient (Wildman–Crippen LogP) is 5.76. The minimum absolute atomic E-state index is 0.406. The molecule has 0 spiro atoms. The van der Waals surface area contributed by atoms with Crippen molar-refractivity contribution in [2.75, 3.05) is 6.54 Å². The highest BCUT2D eigenvalue weighted by Gasteiger charge is 2.31. The van der Waals surface area contributed by atoms with E-state index in [9.17, 15) is 0 Å². The Balaban J connectivity index is 2.24. The van der Waals surface area contributed by atoms with Crippen molar-refractivity contribution in [3.63, 3.8) is 0 Å². The van der Waals surface area contributed by atoms with E-state index in [4.69, 9.17) is 11.6 Å². The van der Waals surface area contributed by atoms with Crippen LogP contribution in [0.2, 0.25) is 5.02 Å². The zero-order chi connectivity index (χ0) is 15.4. The Hall–Kier alpha value is -0.530. The maximum absolute atomic E-state index is 6.56. The minimum Gasteiger partial charge on any atom is -0.310 e. The number of nitrogens with one attached hydrogen (secondary N) is 1. The highest BCUT2D eigenvalue weighted by Crippen LogP contribution is 2.41. The highest BCUT2D eigenvalue weighted by molar-refractivity contribution is 6.31. The average molecular weight is 308 g/mol. The van der Waals surface area contributed by atoms with Crippen molar-refractivity contribution < 1.29 is 0 Å². The van der Waals surface area contributed by atoms with Gasteiger partial charge in [-0.05, 0) is 74.1 Å². The molecule has 0 bridgehead atoms. The van der Waals surface area contributed by atoms with Gasteiger partial charge in [0.05, 0.1) is 0 Å². The SMILES string of the molecule is CCCNC(c1ccc(C)cc1Cl)C1CC(C)CC(C)C1. The molecule has 2 heteroatoms. The monoisotopic (exact) mass is 307 g/mol. The molecule has 1 aliphatic carbocycles. The van der Waals surface area contributed by atoms with E-state index < -0.39 is 0 Å². The fourth-order valence-electron chi connectivity index (χ4n) is 4.00. The van der Waals surface area contributed by atoms with Crippen LogP contribution in [0.1, 0.15) is 63.6 Å². The van der Waals surface area contributed by atoms with E-state index in [0.29, 0.717) is 12.0 Å². The number of hydrogen-bond acceptors (Lipinski definition) is 1. The fourth-order valence-corrected chi connectivity index (χ4v) is 4.35. The molecule has 1 aromatic rings. The fraction of sp³-hybridized carbons (Fsp3) is 0.684. The summed E-state index contributed by atoms with van der Waals surface area (Å²) >= 11 is 6.56. The zero-order valence-electron chi connectivity index (χ0n) is 14.0. The molecule has 21 heavy (non-hydrogen) atoms. The molecule has 0 saturated heterocycles.